The van der Waals surface area contributed by atoms with Crippen LogP contribution < -0.4 is 5.32 Å². The van der Waals surface area contributed by atoms with Gasteiger partial charge in [0.25, 0.3) is 0 Å². The summed E-state index contributed by atoms with van der Waals surface area (Å²) in [5.74, 6) is 1.48. The molecule has 3 atom stereocenters. The van der Waals surface area contributed by atoms with E-state index in [1.54, 1.807) is 0 Å². The van der Waals surface area contributed by atoms with E-state index in [0.717, 1.165) is 13.1 Å². The maximum absolute atomic E-state index is 12.5. The summed E-state index contributed by atoms with van der Waals surface area (Å²) in [5.41, 5.74) is 1.18. The highest BCUT2D eigenvalue weighted by atomic mass is 16.2. The first-order chi connectivity index (χ1) is 11.5. The maximum atomic E-state index is 12.5. The van der Waals surface area contributed by atoms with Crippen LogP contribution >= 0.6 is 0 Å². The van der Waals surface area contributed by atoms with Crippen molar-refractivity contribution in [2.24, 2.45) is 11.8 Å². The van der Waals surface area contributed by atoms with Gasteiger partial charge in [-0.25, -0.2) is 0 Å². The Labute approximate surface area is 145 Å². The summed E-state index contributed by atoms with van der Waals surface area (Å²) in [6, 6.07) is 14.6. The van der Waals surface area contributed by atoms with Crippen molar-refractivity contribution < 1.29 is 4.79 Å². The zero-order chi connectivity index (χ0) is 17.1. The fourth-order valence-corrected chi connectivity index (χ4v) is 4.12. The predicted octanol–water partition coefficient (Wildman–Crippen LogP) is 3.99. The molecule has 0 aromatic heterocycles. The highest BCUT2D eigenvalue weighted by Crippen LogP contribution is 2.24. The largest absolute Gasteiger partial charge is 0.348 e. The molecule has 1 amide bonds. The number of likely N-dealkylation sites (tertiary alicyclic amines) is 1. The SMILES string of the molecule is C[C@@H]1C[C@H](C)CN(CC(=O)N[C@@H](C)c2cccc3ccccc23)C1. The topological polar surface area (TPSA) is 32.3 Å². The fourth-order valence-electron chi connectivity index (χ4n) is 4.12. The number of amides is 1. The Morgan fingerprint density at radius 2 is 1.79 bits per heavy atom. The van der Waals surface area contributed by atoms with Crippen molar-refractivity contribution in [1.82, 2.24) is 10.2 Å². The van der Waals surface area contributed by atoms with Gasteiger partial charge in [0, 0.05) is 13.1 Å². The van der Waals surface area contributed by atoms with Crippen molar-refractivity contribution >= 4 is 16.7 Å². The first-order valence-electron chi connectivity index (χ1n) is 9.02. The number of hydrogen-bond acceptors (Lipinski definition) is 2. The minimum Gasteiger partial charge on any atom is -0.348 e. The van der Waals surface area contributed by atoms with E-state index in [-0.39, 0.29) is 11.9 Å². The van der Waals surface area contributed by atoms with Crippen molar-refractivity contribution in [3.63, 3.8) is 0 Å². The number of fused-ring (bicyclic) bond motifs is 1. The van der Waals surface area contributed by atoms with E-state index in [1.807, 2.05) is 6.07 Å². The lowest BCUT2D eigenvalue weighted by Crippen LogP contribution is -2.44. The van der Waals surface area contributed by atoms with Gasteiger partial charge in [-0.3, -0.25) is 9.69 Å². The third kappa shape index (κ3) is 3.96. The number of nitrogens with zero attached hydrogens (tertiary/aromatic N) is 1. The van der Waals surface area contributed by atoms with Crippen LogP contribution in [0.1, 0.15) is 38.8 Å². The van der Waals surface area contributed by atoms with Gasteiger partial charge in [0.15, 0.2) is 0 Å². The van der Waals surface area contributed by atoms with Gasteiger partial charge in [0.05, 0.1) is 12.6 Å². The maximum Gasteiger partial charge on any atom is 0.234 e. The van der Waals surface area contributed by atoms with Crippen molar-refractivity contribution in [3.05, 3.63) is 48.0 Å². The standard InChI is InChI=1S/C21H28N2O/c1-15-11-16(2)13-23(12-15)14-21(24)22-17(3)19-10-6-8-18-7-4-5-9-20(18)19/h4-10,15-17H,11-14H2,1-3H3,(H,22,24)/t15-,16+,17-/m0/s1. The molecule has 2 aromatic carbocycles. The Kier molecular flexibility index (Phi) is 5.20. The van der Waals surface area contributed by atoms with E-state index in [4.69, 9.17) is 0 Å². The summed E-state index contributed by atoms with van der Waals surface area (Å²) in [5, 5.41) is 5.62. The molecule has 24 heavy (non-hydrogen) atoms. The van der Waals surface area contributed by atoms with Crippen LogP contribution in [0.15, 0.2) is 42.5 Å². The lowest BCUT2D eigenvalue weighted by atomic mass is 9.92. The molecule has 1 aliphatic rings. The summed E-state index contributed by atoms with van der Waals surface area (Å²) < 4.78 is 0. The van der Waals surface area contributed by atoms with Crippen LogP contribution in [0.3, 0.4) is 0 Å². The molecule has 0 spiro atoms. The molecule has 3 rings (SSSR count). The Bertz CT molecular complexity index is 697. The number of benzene rings is 2. The average molecular weight is 324 g/mol. The van der Waals surface area contributed by atoms with Gasteiger partial charge in [-0.05, 0) is 41.5 Å². The van der Waals surface area contributed by atoms with Crippen LogP contribution in [0.25, 0.3) is 10.8 Å². The Balaban J connectivity index is 1.65. The number of nitrogens with one attached hydrogen (secondary N) is 1. The van der Waals surface area contributed by atoms with E-state index in [0.29, 0.717) is 18.4 Å². The second-order valence-corrected chi connectivity index (χ2v) is 7.50. The minimum absolute atomic E-state index is 0.0169. The molecule has 0 aliphatic carbocycles. The van der Waals surface area contributed by atoms with Crippen LogP contribution in [0.5, 0.6) is 0 Å². The van der Waals surface area contributed by atoms with Crippen LogP contribution in [0, 0.1) is 11.8 Å². The number of piperidine rings is 1. The molecule has 2 aromatic rings. The van der Waals surface area contributed by atoms with Crippen molar-refractivity contribution in [2.75, 3.05) is 19.6 Å². The summed E-state index contributed by atoms with van der Waals surface area (Å²) in [4.78, 5) is 14.8. The highest BCUT2D eigenvalue weighted by molar-refractivity contribution is 5.87. The van der Waals surface area contributed by atoms with Gasteiger partial charge in [-0.15, -0.1) is 0 Å². The van der Waals surface area contributed by atoms with E-state index in [2.05, 4.69) is 67.4 Å². The van der Waals surface area contributed by atoms with E-state index in [1.165, 1.54) is 22.8 Å². The molecule has 0 unspecified atom stereocenters. The van der Waals surface area contributed by atoms with E-state index >= 15 is 0 Å². The molecule has 0 radical (unpaired) electrons. The van der Waals surface area contributed by atoms with Gasteiger partial charge in [0.2, 0.25) is 5.91 Å². The Hall–Kier alpha value is -1.87. The van der Waals surface area contributed by atoms with E-state index in [9.17, 15) is 4.79 Å². The molecular weight excluding hydrogens is 296 g/mol. The van der Waals surface area contributed by atoms with Crippen LogP contribution in [-0.2, 0) is 4.79 Å². The van der Waals surface area contributed by atoms with Gasteiger partial charge in [-0.2, -0.15) is 0 Å². The predicted molar refractivity (Wildman–Crippen MR) is 99.9 cm³/mol. The van der Waals surface area contributed by atoms with Crippen molar-refractivity contribution in [3.8, 4) is 0 Å². The summed E-state index contributed by atoms with van der Waals surface area (Å²) in [6.45, 7) is 9.18. The van der Waals surface area contributed by atoms with Crippen molar-refractivity contribution in [2.45, 2.75) is 33.2 Å². The second kappa shape index (κ2) is 7.35. The van der Waals surface area contributed by atoms with Crippen LogP contribution in [0.2, 0.25) is 0 Å². The molecule has 1 N–H and O–H groups in total. The van der Waals surface area contributed by atoms with Gasteiger partial charge < -0.3 is 5.32 Å². The molecule has 3 heteroatoms. The molecule has 0 saturated carbocycles. The van der Waals surface area contributed by atoms with Gasteiger partial charge in [-0.1, -0.05) is 56.3 Å². The Morgan fingerprint density at radius 1 is 1.12 bits per heavy atom. The third-order valence-electron chi connectivity index (χ3n) is 4.98. The second-order valence-electron chi connectivity index (χ2n) is 7.50. The summed E-state index contributed by atoms with van der Waals surface area (Å²) in [7, 11) is 0. The number of rotatable bonds is 4. The lowest BCUT2D eigenvalue weighted by molar-refractivity contribution is -0.123. The molecule has 1 aliphatic heterocycles. The molecule has 0 bridgehead atoms. The molecular formula is C21H28N2O. The molecule has 1 fully saturated rings. The lowest BCUT2D eigenvalue weighted by Gasteiger charge is -2.34. The van der Waals surface area contributed by atoms with E-state index < -0.39 is 0 Å². The fraction of sp³-hybridized carbons (Fsp3) is 0.476. The molecule has 1 heterocycles. The number of hydrogen-bond donors (Lipinski definition) is 1. The summed E-state index contributed by atoms with van der Waals surface area (Å²) >= 11 is 0. The normalized spacial score (nSPS) is 23.1. The smallest absolute Gasteiger partial charge is 0.234 e. The monoisotopic (exact) mass is 324 g/mol. The average Bonchev–Trinajstić information content (AvgIpc) is 2.53. The molecule has 3 nitrogen and oxygen atoms in total. The van der Waals surface area contributed by atoms with Crippen LogP contribution in [0.4, 0.5) is 0 Å². The quantitative estimate of drug-likeness (QED) is 0.922. The van der Waals surface area contributed by atoms with Crippen molar-refractivity contribution in [1.29, 1.82) is 0 Å². The third-order valence-corrected chi connectivity index (χ3v) is 4.98. The Morgan fingerprint density at radius 3 is 2.54 bits per heavy atom. The number of carbonyl (C=O) groups excluding carboxylic acids is 1. The first kappa shape index (κ1) is 17.0. The zero-order valence-corrected chi connectivity index (χ0v) is 15.0. The van der Waals surface area contributed by atoms with Crippen LogP contribution in [-0.4, -0.2) is 30.4 Å². The zero-order valence-electron chi connectivity index (χ0n) is 15.0. The highest BCUT2D eigenvalue weighted by Gasteiger charge is 2.23. The van der Waals surface area contributed by atoms with Gasteiger partial charge >= 0.3 is 0 Å². The first-order valence-corrected chi connectivity index (χ1v) is 9.02. The number of carbonyl (C=O) groups is 1. The minimum atomic E-state index is 0.0169. The molecule has 128 valence electrons. The summed E-state index contributed by atoms with van der Waals surface area (Å²) in [6.07, 6.45) is 1.27. The molecule has 1 saturated heterocycles. The van der Waals surface area contributed by atoms with Gasteiger partial charge in [0.1, 0.15) is 0 Å².